The molecule has 0 aromatic carbocycles. The molecule has 120 valence electrons. The molecule has 8 nitrogen and oxygen atoms in total. The minimum Gasteiger partial charge on any atom is -0.462 e. The Hall–Kier alpha value is -2.29. The van der Waals surface area contributed by atoms with E-state index in [1.165, 1.54) is 6.92 Å². The van der Waals surface area contributed by atoms with E-state index in [9.17, 15) is 24.5 Å². The number of rotatable bonds is 7. The number of nitro groups is 1. The Balaban J connectivity index is 3.32. The van der Waals surface area contributed by atoms with Gasteiger partial charge in [0.05, 0.1) is 17.1 Å². The highest BCUT2D eigenvalue weighted by Crippen LogP contribution is 2.40. The second-order valence-corrected chi connectivity index (χ2v) is 5.17. The molecule has 1 N–H and O–H groups in total. The van der Waals surface area contributed by atoms with Crippen LogP contribution in [0.15, 0.2) is 0 Å². The molecule has 0 radical (unpaired) electrons. The number of anilines is 1. The Kier molecular flexibility index (Phi) is 6.17. The van der Waals surface area contributed by atoms with Crippen molar-refractivity contribution in [2.45, 2.75) is 33.6 Å². The van der Waals surface area contributed by atoms with Gasteiger partial charge in [-0.15, -0.1) is 11.3 Å². The van der Waals surface area contributed by atoms with Crippen molar-refractivity contribution < 1.29 is 24.0 Å². The van der Waals surface area contributed by atoms with E-state index in [1.54, 1.807) is 13.8 Å². The van der Waals surface area contributed by atoms with Crippen molar-refractivity contribution in [2.24, 2.45) is 0 Å². The molecule has 1 aromatic heterocycles. The summed E-state index contributed by atoms with van der Waals surface area (Å²) in [5.41, 5.74) is -0.180. The summed E-state index contributed by atoms with van der Waals surface area (Å²) in [5, 5.41) is 13.3. The lowest BCUT2D eigenvalue weighted by atomic mass is 10.1. The summed E-state index contributed by atoms with van der Waals surface area (Å²) < 4.78 is 4.86. The third-order valence-electron chi connectivity index (χ3n) is 2.78. The minimum atomic E-state index is -0.940. The maximum absolute atomic E-state index is 11.9. The predicted octanol–water partition coefficient (Wildman–Crippen LogP) is 2.31. The molecule has 1 amide bonds. The molecule has 0 saturated carbocycles. The van der Waals surface area contributed by atoms with Crippen LogP contribution >= 0.6 is 11.3 Å². The number of nitrogens with zero attached hydrogens (tertiary/aromatic N) is 1. The maximum Gasteiger partial charge on any atom is 0.348 e. The standard InChI is InChI=1S/C13H16N2O6S/c1-4-7-9(15(19)20)12(14-11(17)8(16)5-2)22-10(7)13(18)21-6-3/h4-6H2,1-3H3,(H,14,17). The number of carbonyl (C=O) groups is 3. The lowest BCUT2D eigenvalue weighted by molar-refractivity contribution is -0.384. The van der Waals surface area contributed by atoms with Crippen molar-refractivity contribution in [2.75, 3.05) is 11.9 Å². The van der Waals surface area contributed by atoms with E-state index in [0.29, 0.717) is 0 Å². The topological polar surface area (TPSA) is 116 Å². The number of hydrogen-bond acceptors (Lipinski definition) is 7. The summed E-state index contributed by atoms with van der Waals surface area (Å²) in [6, 6.07) is 0. The highest BCUT2D eigenvalue weighted by Gasteiger charge is 2.31. The first-order valence-electron chi connectivity index (χ1n) is 6.68. The fourth-order valence-electron chi connectivity index (χ4n) is 1.76. The van der Waals surface area contributed by atoms with E-state index in [0.717, 1.165) is 11.3 Å². The van der Waals surface area contributed by atoms with Crippen LogP contribution in [0.3, 0.4) is 0 Å². The number of ether oxygens (including phenoxy) is 1. The van der Waals surface area contributed by atoms with Crippen molar-refractivity contribution in [3.63, 3.8) is 0 Å². The number of thiophene rings is 1. The van der Waals surface area contributed by atoms with Gasteiger partial charge in [0.2, 0.25) is 5.78 Å². The number of Topliss-reactive ketones (excluding diaryl/α,β-unsaturated/α-hetero) is 1. The van der Waals surface area contributed by atoms with Gasteiger partial charge in [0, 0.05) is 6.42 Å². The lowest BCUT2D eigenvalue weighted by Gasteiger charge is -2.00. The molecule has 0 aliphatic carbocycles. The molecule has 0 unspecified atom stereocenters. The molecular weight excluding hydrogens is 312 g/mol. The van der Waals surface area contributed by atoms with E-state index in [4.69, 9.17) is 4.74 Å². The summed E-state index contributed by atoms with van der Waals surface area (Å²) in [7, 11) is 0. The maximum atomic E-state index is 11.9. The minimum absolute atomic E-state index is 0.0175. The van der Waals surface area contributed by atoms with Gasteiger partial charge in [-0.3, -0.25) is 19.7 Å². The van der Waals surface area contributed by atoms with Crippen molar-refractivity contribution in [3.8, 4) is 0 Å². The molecule has 0 aliphatic rings. The summed E-state index contributed by atoms with van der Waals surface area (Å²) >= 11 is 0.743. The number of carbonyl (C=O) groups excluding carboxylic acids is 3. The largest absolute Gasteiger partial charge is 0.462 e. The molecule has 0 spiro atoms. The molecule has 9 heteroatoms. The molecule has 1 heterocycles. The number of hydrogen-bond donors (Lipinski definition) is 1. The fraction of sp³-hybridized carbons (Fsp3) is 0.462. The van der Waals surface area contributed by atoms with E-state index < -0.39 is 22.6 Å². The number of amides is 1. The normalized spacial score (nSPS) is 10.1. The van der Waals surface area contributed by atoms with Crippen molar-refractivity contribution in [1.82, 2.24) is 0 Å². The summed E-state index contributed by atoms with van der Waals surface area (Å²) in [4.78, 5) is 45.5. The fourth-order valence-corrected chi connectivity index (χ4v) is 2.91. The molecule has 0 bridgehead atoms. The van der Waals surface area contributed by atoms with E-state index in [-0.39, 0.29) is 40.6 Å². The third kappa shape index (κ3) is 3.67. The predicted molar refractivity (Wildman–Crippen MR) is 80.2 cm³/mol. The van der Waals surface area contributed by atoms with Gasteiger partial charge < -0.3 is 10.1 Å². The second-order valence-electron chi connectivity index (χ2n) is 4.15. The Morgan fingerprint density at radius 2 is 1.91 bits per heavy atom. The van der Waals surface area contributed by atoms with Crippen LogP contribution in [0.2, 0.25) is 0 Å². The van der Waals surface area contributed by atoms with Crippen LogP contribution < -0.4 is 5.32 Å². The molecule has 0 saturated heterocycles. The third-order valence-corrected chi connectivity index (χ3v) is 3.89. The van der Waals surface area contributed by atoms with Gasteiger partial charge in [-0.05, 0) is 13.3 Å². The molecule has 1 rings (SSSR count). The number of nitrogens with one attached hydrogen (secondary N) is 1. The van der Waals surface area contributed by atoms with Crippen LogP contribution in [-0.2, 0) is 20.7 Å². The monoisotopic (exact) mass is 328 g/mol. The van der Waals surface area contributed by atoms with Crippen molar-refractivity contribution >= 4 is 39.7 Å². The van der Waals surface area contributed by atoms with E-state index in [1.807, 2.05) is 0 Å². The average molecular weight is 328 g/mol. The van der Waals surface area contributed by atoms with E-state index in [2.05, 4.69) is 5.32 Å². The van der Waals surface area contributed by atoms with Gasteiger partial charge in [0.25, 0.3) is 5.91 Å². The second kappa shape index (κ2) is 7.64. The Bertz CT molecular complexity index is 622. The zero-order valence-electron chi connectivity index (χ0n) is 12.4. The van der Waals surface area contributed by atoms with Gasteiger partial charge in [-0.25, -0.2) is 4.79 Å². The summed E-state index contributed by atoms with van der Waals surface area (Å²) in [6.45, 7) is 4.91. The van der Waals surface area contributed by atoms with Crippen molar-refractivity contribution in [1.29, 1.82) is 0 Å². The summed E-state index contributed by atoms with van der Waals surface area (Å²) in [5.74, 6) is -2.32. The first-order chi connectivity index (χ1) is 10.4. The van der Waals surface area contributed by atoms with Crippen LogP contribution in [0.4, 0.5) is 10.7 Å². The number of ketones is 1. The molecule has 22 heavy (non-hydrogen) atoms. The highest BCUT2D eigenvalue weighted by atomic mass is 32.1. The molecule has 0 atom stereocenters. The van der Waals surface area contributed by atoms with Crippen molar-refractivity contribution in [3.05, 3.63) is 20.6 Å². The van der Waals surface area contributed by atoms with E-state index >= 15 is 0 Å². The van der Waals surface area contributed by atoms with Crippen LogP contribution in [-0.4, -0.2) is 29.2 Å². The number of esters is 1. The summed E-state index contributed by atoms with van der Waals surface area (Å²) in [6.07, 6.45) is 0.203. The Morgan fingerprint density at radius 3 is 2.36 bits per heavy atom. The first-order valence-corrected chi connectivity index (χ1v) is 7.50. The van der Waals surface area contributed by atoms with Crippen LogP contribution in [0.5, 0.6) is 0 Å². The lowest BCUT2D eigenvalue weighted by Crippen LogP contribution is -2.21. The zero-order chi connectivity index (χ0) is 16.9. The average Bonchev–Trinajstić information content (AvgIpc) is 2.84. The van der Waals surface area contributed by atoms with Gasteiger partial charge >= 0.3 is 11.7 Å². The van der Waals surface area contributed by atoms with Gasteiger partial charge in [0.1, 0.15) is 4.88 Å². The Morgan fingerprint density at radius 1 is 1.27 bits per heavy atom. The molecule has 0 fully saturated rings. The zero-order valence-corrected chi connectivity index (χ0v) is 13.2. The molecule has 1 aromatic rings. The van der Waals surface area contributed by atoms with Gasteiger partial charge in [0.15, 0.2) is 5.00 Å². The van der Waals surface area contributed by atoms with Crippen LogP contribution in [0, 0.1) is 10.1 Å². The van der Waals surface area contributed by atoms with Gasteiger partial charge in [-0.2, -0.15) is 0 Å². The van der Waals surface area contributed by atoms with Crippen LogP contribution in [0.25, 0.3) is 0 Å². The smallest absolute Gasteiger partial charge is 0.348 e. The van der Waals surface area contributed by atoms with Gasteiger partial charge in [-0.1, -0.05) is 13.8 Å². The highest BCUT2D eigenvalue weighted by molar-refractivity contribution is 7.19. The first kappa shape index (κ1) is 17.8. The molecule has 0 aliphatic heterocycles. The molecular formula is C13H16N2O6S. The quantitative estimate of drug-likeness (QED) is 0.355. The Labute approximate surface area is 130 Å². The van der Waals surface area contributed by atoms with Crippen LogP contribution in [0.1, 0.15) is 42.4 Å². The SMILES string of the molecule is CCOC(=O)c1sc(NC(=O)C(=O)CC)c([N+](=O)[O-])c1CC.